The maximum absolute atomic E-state index is 12.6. The number of aromatic nitrogens is 1. The largest absolute Gasteiger partial charge is 0.377 e. The quantitative estimate of drug-likeness (QED) is 0.833. The van der Waals surface area contributed by atoms with Crippen molar-refractivity contribution in [2.24, 2.45) is 5.92 Å². The van der Waals surface area contributed by atoms with Crippen LogP contribution in [0.25, 0.3) is 0 Å². The van der Waals surface area contributed by atoms with Crippen molar-refractivity contribution in [1.82, 2.24) is 9.47 Å². The lowest BCUT2D eigenvalue weighted by molar-refractivity contribution is -0.140. The molecule has 3 rings (SSSR count). The Balaban J connectivity index is 1.56. The molecule has 1 saturated carbocycles. The maximum atomic E-state index is 12.6. The second-order valence-electron chi connectivity index (χ2n) is 6.80. The molecule has 2 aliphatic rings. The highest BCUT2D eigenvalue weighted by atomic mass is 16.5. The van der Waals surface area contributed by atoms with Gasteiger partial charge < -0.3 is 14.2 Å². The van der Waals surface area contributed by atoms with Crippen LogP contribution in [0.15, 0.2) is 16.9 Å². The van der Waals surface area contributed by atoms with Crippen molar-refractivity contribution in [3.63, 3.8) is 0 Å². The second kappa shape index (κ2) is 6.87. The second-order valence-corrected chi connectivity index (χ2v) is 6.80. The van der Waals surface area contributed by atoms with Crippen molar-refractivity contribution in [3.8, 4) is 0 Å². The van der Waals surface area contributed by atoms with Crippen molar-refractivity contribution in [2.45, 2.75) is 52.1 Å². The van der Waals surface area contributed by atoms with Crippen molar-refractivity contribution in [3.05, 3.63) is 33.7 Å². The van der Waals surface area contributed by atoms with Crippen LogP contribution >= 0.6 is 0 Å². The van der Waals surface area contributed by atoms with E-state index in [-0.39, 0.29) is 11.3 Å². The highest BCUT2D eigenvalue weighted by molar-refractivity contribution is 5.76. The fraction of sp³-hybridized carbons (Fsp3) is 0.667. The van der Waals surface area contributed by atoms with Crippen molar-refractivity contribution < 1.29 is 9.53 Å². The third-order valence-electron chi connectivity index (χ3n) is 4.98. The minimum Gasteiger partial charge on any atom is -0.377 e. The molecule has 126 valence electrons. The Hall–Kier alpha value is -1.62. The van der Waals surface area contributed by atoms with Gasteiger partial charge in [0, 0.05) is 43.0 Å². The summed E-state index contributed by atoms with van der Waals surface area (Å²) in [5.41, 5.74) is 1.97. The van der Waals surface area contributed by atoms with Crippen LogP contribution in [0.4, 0.5) is 0 Å². The van der Waals surface area contributed by atoms with Crippen LogP contribution in [0, 0.1) is 19.8 Å². The van der Waals surface area contributed by atoms with Gasteiger partial charge in [-0.25, -0.2) is 0 Å². The maximum Gasteiger partial charge on any atom is 0.223 e. The number of morpholine rings is 1. The van der Waals surface area contributed by atoms with Crippen molar-refractivity contribution in [2.75, 3.05) is 19.8 Å². The first kappa shape index (κ1) is 16.2. The molecule has 0 aromatic carbocycles. The standard InChI is InChI=1S/C18H26N2O3/c1-13-10-16(21)11-14(2)19(13)7-3-4-18(22)20-8-9-23-12-17(20)15-5-6-15/h10-11,15,17H,3-9,12H2,1-2H3. The van der Waals surface area contributed by atoms with Gasteiger partial charge in [0.2, 0.25) is 5.91 Å². The molecule has 1 aromatic rings. The molecule has 1 aliphatic heterocycles. The third-order valence-corrected chi connectivity index (χ3v) is 4.98. The predicted molar refractivity (Wildman–Crippen MR) is 88.5 cm³/mol. The number of hydrogen-bond donors (Lipinski definition) is 0. The molecule has 1 atom stereocenters. The minimum atomic E-state index is 0.0490. The number of aryl methyl sites for hydroxylation is 2. The molecule has 0 N–H and O–H groups in total. The van der Waals surface area contributed by atoms with Gasteiger partial charge in [0.15, 0.2) is 5.43 Å². The summed E-state index contributed by atoms with van der Waals surface area (Å²) in [5.74, 6) is 0.907. The monoisotopic (exact) mass is 318 g/mol. The van der Waals surface area contributed by atoms with Crippen LogP contribution in [0.3, 0.4) is 0 Å². The molecule has 0 spiro atoms. The highest BCUT2D eigenvalue weighted by Crippen LogP contribution is 2.36. The van der Waals surface area contributed by atoms with Crippen molar-refractivity contribution in [1.29, 1.82) is 0 Å². The number of rotatable bonds is 5. The molecule has 1 aliphatic carbocycles. The first-order chi connectivity index (χ1) is 11.1. The van der Waals surface area contributed by atoms with E-state index in [1.54, 1.807) is 12.1 Å². The average Bonchev–Trinajstić information content (AvgIpc) is 3.34. The van der Waals surface area contributed by atoms with Gasteiger partial charge in [-0.3, -0.25) is 9.59 Å². The van der Waals surface area contributed by atoms with Gasteiger partial charge in [-0.15, -0.1) is 0 Å². The average molecular weight is 318 g/mol. The van der Waals surface area contributed by atoms with Crippen LogP contribution in [0.1, 0.15) is 37.1 Å². The first-order valence-corrected chi connectivity index (χ1v) is 8.61. The summed E-state index contributed by atoms with van der Waals surface area (Å²) in [6, 6.07) is 3.60. The van der Waals surface area contributed by atoms with Gasteiger partial charge >= 0.3 is 0 Å². The fourth-order valence-corrected chi connectivity index (χ4v) is 3.58. The van der Waals surface area contributed by atoms with Crippen molar-refractivity contribution >= 4 is 5.91 Å². The Bertz CT molecular complexity index is 607. The molecule has 1 amide bonds. The molecular formula is C18H26N2O3. The van der Waals surface area contributed by atoms with E-state index in [2.05, 4.69) is 4.57 Å². The van der Waals surface area contributed by atoms with E-state index in [4.69, 9.17) is 4.74 Å². The Morgan fingerprint density at radius 1 is 1.26 bits per heavy atom. The molecule has 23 heavy (non-hydrogen) atoms. The molecule has 0 bridgehead atoms. The van der Waals surface area contributed by atoms with E-state index < -0.39 is 0 Å². The van der Waals surface area contributed by atoms with Gasteiger partial charge in [-0.05, 0) is 39.0 Å². The summed E-state index contributed by atoms with van der Waals surface area (Å²) >= 11 is 0. The van der Waals surface area contributed by atoms with Gasteiger partial charge in [0.1, 0.15) is 0 Å². The predicted octanol–water partition coefficient (Wildman–Crippen LogP) is 1.88. The summed E-state index contributed by atoms with van der Waals surface area (Å²) < 4.78 is 7.67. The van der Waals surface area contributed by atoms with Crippen LogP contribution in [0.2, 0.25) is 0 Å². The molecule has 1 unspecified atom stereocenters. The zero-order valence-corrected chi connectivity index (χ0v) is 14.1. The summed E-state index contributed by atoms with van der Waals surface area (Å²) in [4.78, 5) is 26.1. The lowest BCUT2D eigenvalue weighted by Crippen LogP contribution is -2.49. The van der Waals surface area contributed by atoms with Crippen LogP contribution in [-0.2, 0) is 16.1 Å². The third kappa shape index (κ3) is 3.83. The highest BCUT2D eigenvalue weighted by Gasteiger charge is 2.38. The number of nitrogens with zero attached hydrogens (tertiary/aromatic N) is 2. The number of hydrogen-bond acceptors (Lipinski definition) is 3. The van der Waals surface area contributed by atoms with E-state index in [1.807, 2.05) is 18.7 Å². The van der Waals surface area contributed by atoms with Crippen LogP contribution < -0.4 is 5.43 Å². The molecule has 2 fully saturated rings. The first-order valence-electron chi connectivity index (χ1n) is 8.61. The van der Waals surface area contributed by atoms with Gasteiger partial charge in [-0.2, -0.15) is 0 Å². The summed E-state index contributed by atoms with van der Waals surface area (Å²) in [6.45, 7) is 6.77. The van der Waals surface area contributed by atoms with Gasteiger partial charge in [0.05, 0.1) is 19.3 Å². The number of carbonyl (C=O) groups excluding carboxylic acids is 1. The fourth-order valence-electron chi connectivity index (χ4n) is 3.58. The Morgan fingerprint density at radius 3 is 2.61 bits per heavy atom. The topological polar surface area (TPSA) is 51.5 Å². The number of ether oxygens (including phenoxy) is 1. The van der Waals surface area contributed by atoms with Crippen LogP contribution in [-0.4, -0.2) is 41.2 Å². The normalized spacial score (nSPS) is 21.5. The Labute approximate surface area is 137 Å². The molecule has 5 nitrogen and oxygen atoms in total. The Morgan fingerprint density at radius 2 is 1.96 bits per heavy atom. The van der Waals surface area contributed by atoms with E-state index in [9.17, 15) is 9.59 Å². The lowest BCUT2D eigenvalue weighted by Gasteiger charge is -2.36. The molecule has 2 heterocycles. The number of pyridine rings is 1. The number of amides is 1. The lowest BCUT2D eigenvalue weighted by atomic mass is 10.1. The molecule has 5 heteroatoms. The van der Waals surface area contributed by atoms with Gasteiger partial charge in [-0.1, -0.05) is 0 Å². The molecule has 1 saturated heterocycles. The van der Waals surface area contributed by atoms with E-state index in [1.165, 1.54) is 12.8 Å². The summed E-state index contributed by atoms with van der Waals surface area (Å²) in [6.07, 6.45) is 3.83. The zero-order chi connectivity index (χ0) is 16.4. The molecule has 0 radical (unpaired) electrons. The molecule has 1 aromatic heterocycles. The zero-order valence-electron chi connectivity index (χ0n) is 14.1. The van der Waals surface area contributed by atoms with E-state index >= 15 is 0 Å². The summed E-state index contributed by atoms with van der Waals surface area (Å²) in [5, 5.41) is 0. The van der Waals surface area contributed by atoms with Gasteiger partial charge in [0.25, 0.3) is 0 Å². The van der Waals surface area contributed by atoms with Crippen LogP contribution in [0.5, 0.6) is 0 Å². The summed E-state index contributed by atoms with van der Waals surface area (Å²) in [7, 11) is 0. The minimum absolute atomic E-state index is 0.0490. The Kier molecular flexibility index (Phi) is 4.85. The van der Waals surface area contributed by atoms with E-state index in [0.717, 1.165) is 30.9 Å². The van der Waals surface area contributed by atoms with E-state index in [0.29, 0.717) is 31.6 Å². The SMILES string of the molecule is Cc1cc(=O)cc(C)n1CCCC(=O)N1CCOCC1C1CC1. The molecular weight excluding hydrogens is 292 g/mol. The number of carbonyl (C=O) groups is 1. The smallest absolute Gasteiger partial charge is 0.223 e.